The van der Waals surface area contributed by atoms with E-state index in [2.05, 4.69) is 27.5 Å². The molecule has 0 atom stereocenters. The maximum Gasteiger partial charge on any atom is 0.354 e. The van der Waals surface area contributed by atoms with Crippen LogP contribution in [0, 0.1) is 0 Å². The first-order valence-corrected chi connectivity index (χ1v) is 11.5. The number of tetrazole rings is 1. The Balaban J connectivity index is 1.53. The van der Waals surface area contributed by atoms with E-state index in [1.807, 2.05) is 48.5 Å². The van der Waals surface area contributed by atoms with Crippen molar-refractivity contribution in [2.24, 2.45) is 0 Å². The minimum absolute atomic E-state index is 0.0460. The Morgan fingerprint density at radius 1 is 1.03 bits per heavy atom. The first-order chi connectivity index (χ1) is 17.1. The Morgan fingerprint density at radius 3 is 2.49 bits per heavy atom. The van der Waals surface area contributed by atoms with Gasteiger partial charge in [-0.05, 0) is 52.1 Å². The number of fused-ring (bicyclic) bond motifs is 1. The lowest BCUT2D eigenvalue weighted by Crippen LogP contribution is -2.20. The topological polar surface area (TPSA) is 118 Å². The molecular formula is C26H24N6O3. The molecule has 3 heterocycles. The van der Waals surface area contributed by atoms with Crippen molar-refractivity contribution in [1.29, 1.82) is 0 Å². The molecule has 0 fully saturated rings. The fourth-order valence-corrected chi connectivity index (χ4v) is 4.45. The van der Waals surface area contributed by atoms with Crippen molar-refractivity contribution in [3.63, 3.8) is 0 Å². The second-order valence-corrected chi connectivity index (χ2v) is 8.36. The van der Waals surface area contributed by atoms with E-state index < -0.39 is 5.97 Å². The van der Waals surface area contributed by atoms with Crippen molar-refractivity contribution in [3.05, 3.63) is 99.7 Å². The number of aryl methyl sites for hydroxylation is 1. The molecule has 9 heteroatoms. The lowest BCUT2D eigenvalue weighted by molar-refractivity contribution is 0.0685. The molecule has 0 aliphatic rings. The summed E-state index contributed by atoms with van der Waals surface area (Å²) in [6.07, 6.45) is 4.74. The van der Waals surface area contributed by atoms with E-state index in [0.29, 0.717) is 24.2 Å². The summed E-state index contributed by atoms with van der Waals surface area (Å²) in [5, 5.41) is 23.8. The molecule has 3 aromatic heterocycles. The van der Waals surface area contributed by atoms with Crippen LogP contribution < -0.4 is 5.56 Å². The summed E-state index contributed by atoms with van der Waals surface area (Å²) in [6, 6.07) is 19.0. The molecular weight excluding hydrogens is 444 g/mol. The van der Waals surface area contributed by atoms with Crippen LogP contribution in [0.1, 0.15) is 47.1 Å². The highest BCUT2D eigenvalue weighted by atomic mass is 16.4. The van der Waals surface area contributed by atoms with Gasteiger partial charge in [-0.1, -0.05) is 61.9 Å². The predicted molar refractivity (Wildman–Crippen MR) is 131 cm³/mol. The summed E-state index contributed by atoms with van der Waals surface area (Å²) in [5.41, 5.74) is 4.99. The zero-order valence-electron chi connectivity index (χ0n) is 19.2. The molecule has 2 N–H and O–H groups in total. The predicted octanol–water partition coefficient (Wildman–Crippen LogP) is 3.88. The van der Waals surface area contributed by atoms with Gasteiger partial charge in [0.1, 0.15) is 0 Å². The van der Waals surface area contributed by atoms with E-state index in [1.165, 1.54) is 10.6 Å². The number of hydrogen-bond donors (Lipinski definition) is 2. The number of nitrogens with one attached hydrogen (secondary N) is 1. The third-order valence-corrected chi connectivity index (χ3v) is 6.16. The highest BCUT2D eigenvalue weighted by Gasteiger charge is 2.20. The second-order valence-electron chi connectivity index (χ2n) is 8.36. The molecule has 5 aromatic rings. The monoisotopic (exact) mass is 468 g/mol. The molecule has 0 aliphatic heterocycles. The molecule has 0 aliphatic carbocycles. The van der Waals surface area contributed by atoms with E-state index in [4.69, 9.17) is 0 Å². The molecule has 0 saturated heterocycles. The van der Waals surface area contributed by atoms with Gasteiger partial charge >= 0.3 is 5.97 Å². The van der Waals surface area contributed by atoms with Crippen molar-refractivity contribution in [3.8, 4) is 22.5 Å². The van der Waals surface area contributed by atoms with Crippen molar-refractivity contribution in [1.82, 2.24) is 29.7 Å². The minimum Gasteiger partial charge on any atom is -0.477 e. The van der Waals surface area contributed by atoms with Gasteiger partial charge in [0.15, 0.2) is 11.5 Å². The van der Waals surface area contributed by atoms with Gasteiger partial charge in [-0.25, -0.2) is 14.4 Å². The van der Waals surface area contributed by atoms with Gasteiger partial charge in [0, 0.05) is 29.4 Å². The average molecular weight is 469 g/mol. The van der Waals surface area contributed by atoms with Gasteiger partial charge in [-0.2, -0.15) is 0 Å². The van der Waals surface area contributed by atoms with Gasteiger partial charge in [-0.3, -0.25) is 9.31 Å². The van der Waals surface area contributed by atoms with E-state index in [9.17, 15) is 14.7 Å². The lowest BCUT2D eigenvalue weighted by atomic mass is 9.96. The first kappa shape index (κ1) is 22.3. The van der Waals surface area contributed by atoms with Crippen molar-refractivity contribution >= 4 is 5.97 Å². The number of carbonyl (C=O) groups is 1. The standard InChI is InChI=1S/C26H24N6O3/c1-2-3-9-22-21(25(33)32-23(26(34)35)10-6-15-31(22)32)16-17-11-13-18(14-12-17)19-7-4-5-8-20(19)24-27-29-30-28-24/h4-8,10-15H,2-3,9,16H2,1H3,(H,34,35)(H,27,28,29,30). The maximum atomic E-state index is 13.4. The number of aromatic carboxylic acids is 1. The van der Waals surface area contributed by atoms with E-state index in [-0.39, 0.29) is 11.3 Å². The third-order valence-electron chi connectivity index (χ3n) is 6.16. The van der Waals surface area contributed by atoms with Gasteiger partial charge in [0.2, 0.25) is 0 Å². The smallest absolute Gasteiger partial charge is 0.354 e. The third kappa shape index (κ3) is 4.12. The van der Waals surface area contributed by atoms with E-state index in [1.54, 1.807) is 16.8 Å². The minimum atomic E-state index is -1.13. The molecule has 0 spiro atoms. The molecule has 176 valence electrons. The van der Waals surface area contributed by atoms with Crippen molar-refractivity contribution < 1.29 is 9.90 Å². The lowest BCUT2D eigenvalue weighted by Gasteiger charge is -2.09. The van der Waals surface area contributed by atoms with Gasteiger partial charge in [-0.15, -0.1) is 5.10 Å². The fraction of sp³-hybridized carbons (Fsp3) is 0.192. The quantitative estimate of drug-likeness (QED) is 0.357. The highest BCUT2D eigenvalue weighted by molar-refractivity contribution is 5.85. The molecule has 2 aromatic carbocycles. The molecule has 0 amide bonds. The van der Waals surface area contributed by atoms with Crippen LogP contribution in [0.2, 0.25) is 0 Å². The summed E-state index contributed by atoms with van der Waals surface area (Å²) in [5.74, 6) is -0.540. The summed E-state index contributed by atoms with van der Waals surface area (Å²) in [4.78, 5) is 25.1. The number of aromatic nitrogens is 6. The number of rotatable bonds is 8. The van der Waals surface area contributed by atoms with Crippen LogP contribution in [0.15, 0.2) is 71.7 Å². The summed E-state index contributed by atoms with van der Waals surface area (Å²) in [6.45, 7) is 2.09. The van der Waals surface area contributed by atoms with E-state index >= 15 is 0 Å². The van der Waals surface area contributed by atoms with Gasteiger partial charge < -0.3 is 5.11 Å². The van der Waals surface area contributed by atoms with Crippen LogP contribution >= 0.6 is 0 Å². The van der Waals surface area contributed by atoms with Crippen LogP contribution in [0.4, 0.5) is 0 Å². The highest BCUT2D eigenvalue weighted by Crippen LogP contribution is 2.30. The Bertz CT molecular complexity index is 1550. The number of unbranched alkanes of at least 4 members (excludes halogenated alkanes) is 1. The number of nitrogens with zero attached hydrogens (tertiary/aromatic N) is 5. The van der Waals surface area contributed by atoms with Crippen LogP contribution in [0.3, 0.4) is 0 Å². The maximum absolute atomic E-state index is 13.4. The second kappa shape index (κ2) is 9.38. The van der Waals surface area contributed by atoms with Gasteiger partial charge in [0.25, 0.3) is 5.56 Å². The Hall–Kier alpha value is -4.53. The van der Waals surface area contributed by atoms with Crippen molar-refractivity contribution in [2.75, 3.05) is 0 Å². The number of aromatic amines is 1. The first-order valence-electron chi connectivity index (χ1n) is 11.5. The largest absolute Gasteiger partial charge is 0.477 e. The Labute approximate surface area is 200 Å². The summed E-state index contributed by atoms with van der Waals surface area (Å²) in [7, 11) is 0. The normalized spacial score (nSPS) is 11.2. The van der Waals surface area contributed by atoms with Gasteiger partial charge in [0.05, 0.1) is 0 Å². The SMILES string of the molecule is CCCCc1c(Cc2ccc(-c3ccccc3-c3nnn[nH]3)cc2)c(=O)n2c(C(=O)O)cccn12. The van der Waals surface area contributed by atoms with Crippen LogP contribution in [-0.2, 0) is 12.8 Å². The average Bonchev–Trinajstić information content (AvgIpc) is 3.51. The summed E-state index contributed by atoms with van der Waals surface area (Å²) < 4.78 is 2.95. The number of hydrogen-bond acceptors (Lipinski definition) is 5. The van der Waals surface area contributed by atoms with Crippen molar-refractivity contribution in [2.45, 2.75) is 32.6 Å². The summed E-state index contributed by atoms with van der Waals surface area (Å²) >= 11 is 0. The molecule has 5 rings (SSSR count). The molecule has 35 heavy (non-hydrogen) atoms. The molecule has 0 bridgehead atoms. The Kier molecular flexibility index (Phi) is 5.97. The Morgan fingerprint density at radius 2 is 1.80 bits per heavy atom. The fourth-order valence-electron chi connectivity index (χ4n) is 4.45. The van der Waals surface area contributed by atoms with E-state index in [0.717, 1.165) is 40.8 Å². The van der Waals surface area contributed by atoms with Crippen LogP contribution in [-0.4, -0.2) is 40.7 Å². The molecule has 0 saturated carbocycles. The number of H-pyrrole nitrogens is 1. The number of carboxylic acid groups (broad SMARTS) is 1. The number of benzene rings is 2. The zero-order valence-corrected chi connectivity index (χ0v) is 19.2. The van der Waals surface area contributed by atoms with Crippen LogP contribution in [0.25, 0.3) is 22.5 Å². The van der Waals surface area contributed by atoms with Crippen LogP contribution in [0.5, 0.6) is 0 Å². The zero-order chi connectivity index (χ0) is 24.4. The molecule has 9 nitrogen and oxygen atoms in total. The molecule has 0 radical (unpaired) electrons. The number of carboxylic acids is 1. The molecule has 0 unspecified atom stereocenters.